The zero-order chi connectivity index (χ0) is 14.9. The molecule has 0 fully saturated rings. The Morgan fingerprint density at radius 2 is 1.77 bits per heavy atom. The number of fused-ring (bicyclic) bond motifs is 1. The van der Waals surface area contributed by atoms with Gasteiger partial charge < -0.3 is 0 Å². The first-order valence-corrected chi connectivity index (χ1v) is 8.06. The number of aromatic nitrogens is 2. The summed E-state index contributed by atoms with van der Waals surface area (Å²) in [6.45, 7) is 0. The summed E-state index contributed by atoms with van der Waals surface area (Å²) in [6, 6.07) is 17.7. The summed E-state index contributed by atoms with van der Waals surface area (Å²) in [4.78, 5) is 0. The number of rotatable bonds is 3. The lowest BCUT2D eigenvalue weighted by Crippen LogP contribution is -2.18. The molecule has 3 aromatic rings. The highest BCUT2D eigenvalue weighted by Crippen LogP contribution is 2.30. The van der Waals surface area contributed by atoms with Crippen LogP contribution in [0.1, 0.15) is 34.7 Å². The van der Waals surface area contributed by atoms with E-state index in [9.17, 15) is 0 Å². The molecule has 2 aromatic carbocycles. The van der Waals surface area contributed by atoms with E-state index in [0.29, 0.717) is 0 Å². The van der Waals surface area contributed by atoms with Gasteiger partial charge in [-0.15, -0.1) is 4.09 Å². The fraction of sp³-hybridized carbons (Fsp3) is 0.211. The van der Waals surface area contributed by atoms with Crippen molar-refractivity contribution in [2.45, 2.75) is 25.3 Å². The normalized spacial score (nSPS) is 14.8. The fourth-order valence-electron chi connectivity index (χ4n) is 3.43. The van der Waals surface area contributed by atoms with Gasteiger partial charge in [-0.2, -0.15) is 0 Å². The zero-order valence-corrected chi connectivity index (χ0v) is 13.1. The smallest absolute Gasteiger partial charge is 0.224 e. The van der Waals surface area contributed by atoms with Crippen LogP contribution in [-0.2, 0) is 12.8 Å². The van der Waals surface area contributed by atoms with Gasteiger partial charge in [0.15, 0.2) is 6.04 Å². The first-order valence-electron chi connectivity index (χ1n) is 7.73. The van der Waals surface area contributed by atoms with Gasteiger partial charge in [-0.25, -0.2) is 4.57 Å². The van der Waals surface area contributed by atoms with E-state index in [1.165, 1.54) is 41.5 Å². The number of imidazole rings is 1. The molecular formula is C19H18ClN2+. The molecule has 110 valence electrons. The highest BCUT2D eigenvalue weighted by atomic mass is 35.5. The number of nitrogens with zero attached hydrogens (tertiary/aromatic N) is 2. The second-order valence-electron chi connectivity index (χ2n) is 5.90. The van der Waals surface area contributed by atoms with Crippen LogP contribution < -0.4 is 4.09 Å². The topological polar surface area (TPSA) is 8.81 Å². The third-order valence-electron chi connectivity index (χ3n) is 4.48. The Morgan fingerprint density at radius 1 is 0.955 bits per heavy atom. The lowest BCUT2D eigenvalue weighted by Gasteiger charge is -2.16. The predicted molar refractivity (Wildman–Crippen MR) is 88.0 cm³/mol. The Kier molecular flexibility index (Phi) is 3.47. The Hall–Kier alpha value is -2.06. The van der Waals surface area contributed by atoms with Gasteiger partial charge in [0.2, 0.25) is 0 Å². The van der Waals surface area contributed by atoms with Crippen LogP contribution in [0.2, 0.25) is 0 Å². The molecular weight excluding hydrogens is 292 g/mol. The van der Waals surface area contributed by atoms with E-state index >= 15 is 0 Å². The Labute approximate surface area is 135 Å². The second-order valence-corrected chi connectivity index (χ2v) is 6.29. The van der Waals surface area contributed by atoms with E-state index in [2.05, 4.69) is 53.1 Å². The van der Waals surface area contributed by atoms with Crippen molar-refractivity contribution < 1.29 is 4.09 Å². The third-order valence-corrected chi connectivity index (χ3v) is 4.68. The highest BCUT2D eigenvalue weighted by Gasteiger charge is 2.23. The van der Waals surface area contributed by atoms with Gasteiger partial charge in [0.25, 0.3) is 6.33 Å². The quantitative estimate of drug-likeness (QED) is 0.694. The average molecular weight is 310 g/mol. The van der Waals surface area contributed by atoms with E-state index in [1.807, 2.05) is 18.7 Å². The number of aryl methyl sites for hydroxylation is 2. The molecule has 1 aliphatic carbocycles. The van der Waals surface area contributed by atoms with Gasteiger partial charge in [0.05, 0.1) is 0 Å². The first-order chi connectivity index (χ1) is 10.8. The maximum atomic E-state index is 6.07. The molecule has 1 aliphatic rings. The molecule has 0 N–H and O–H groups in total. The number of benzene rings is 2. The number of hydrogen-bond acceptors (Lipinski definition) is 0. The predicted octanol–water partition coefficient (Wildman–Crippen LogP) is 3.90. The monoisotopic (exact) mass is 309 g/mol. The van der Waals surface area contributed by atoms with Crippen LogP contribution in [0, 0.1) is 0 Å². The van der Waals surface area contributed by atoms with Crippen molar-refractivity contribution in [1.29, 1.82) is 0 Å². The molecule has 0 radical (unpaired) electrons. The standard InChI is InChI=1S/C19H18ClN2/c20-22-12-11-21(14-22)19(16-5-2-1-3-6-16)18-10-9-15-7-4-8-17(15)13-18/h1-3,5-6,9-14,19H,4,7-8H2/q+1. The Balaban J connectivity index is 1.84. The molecule has 0 saturated carbocycles. The molecule has 2 nitrogen and oxygen atoms in total. The van der Waals surface area contributed by atoms with E-state index in [-0.39, 0.29) is 6.04 Å². The summed E-state index contributed by atoms with van der Waals surface area (Å²) in [5.41, 5.74) is 5.60. The molecule has 4 rings (SSSR count). The minimum atomic E-state index is 0.159. The van der Waals surface area contributed by atoms with Crippen LogP contribution in [0.5, 0.6) is 0 Å². The lowest BCUT2D eigenvalue weighted by molar-refractivity contribution is -0.518. The maximum absolute atomic E-state index is 6.07. The van der Waals surface area contributed by atoms with Gasteiger partial charge in [-0.1, -0.05) is 48.5 Å². The van der Waals surface area contributed by atoms with E-state index in [1.54, 1.807) is 4.09 Å². The van der Waals surface area contributed by atoms with Crippen molar-refractivity contribution >= 4 is 11.8 Å². The number of halogens is 1. The summed E-state index contributed by atoms with van der Waals surface area (Å²) >= 11 is 6.07. The van der Waals surface area contributed by atoms with Crippen molar-refractivity contribution in [2.24, 2.45) is 0 Å². The van der Waals surface area contributed by atoms with Gasteiger partial charge in [0, 0.05) is 11.1 Å². The fourth-order valence-corrected chi connectivity index (χ4v) is 3.58. The summed E-state index contributed by atoms with van der Waals surface area (Å²) in [6.07, 6.45) is 9.51. The maximum Gasteiger partial charge on any atom is 0.262 e. The van der Waals surface area contributed by atoms with Gasteiger partial charge >= 0.3 is 0 Å². The summed E-state index contributed by atoms with van der Waals surface area (Å²) in [5, 5.41) is 0. The molecule has 0 bridgehead atoms. The minimum absolute atomic E-state index is 0.159. The van der Waals surface area contributed by atoms with Crippen molar-refractivity contribution in [2.75, 3.05) is 0 Å². The SMILES string of the molecule is Cl[n+]1ccn(C(c2ccccc2)c2ccc3c(c2)CCC3)c1. The van der Waals surface area contributed by atoms with E-state index in [4.69, 9.17) is 11.8 Å². The molecule has 1 heterocycles. The third kappa shape index (κ3) is 2.44. The van der Waals surface area contributed by atoms with Gasteiger partial charge in [0.1, 0.15) is 24.2 Å². The second kappa shape index (κ2) is 5.62. The van der Waals surface area contributed by atoms with Crippen LogP contribution in [-0.4, -0.2) is 4.57 Å². The Bertz CT molecular complexity index is 792. The van der Waals surface area contributed by atoms with Crippen molar-refractivity contribution in [1.82, 2.24) is 4.57 Å². The molecule has 0 amide bonds. The molecule has 1 unspecified atom stereocenters. The average Bonchev–Trinajstić information content (AvgIpc) is 3.17. The van der Waals surface area contributed by atoms with E-state index < -0.39 is 0 Å². The van der Waals surface area contributed by atoms with Gasteiger partial charge in [-0.3, -0.25) is 0 Å². The summed E-state index contributed by atoms with van der Waals surface area (Å²) < 4.78 is 3.74. The Morgan fingerprint density at radius 3 is 2.55 bits per heavy atom. The van der Waals surface area contributed by atoms with Crippen molar-refractivity contribution in [3.05, 3.63) is 89.5 Å². The largest absolute Gasteiger partial charge is 0.262 e. The zero-order valence-electron chi connectivity index (χ0n) is 12.3. The molecule has 1 aromatic heterocycles. The lowest BCUT2D eigenvalue weighted by atomic mass is 9.95. The molecule has 3 heteroatoms. The minimum Gasteiger partial charge on any atom is -0.224 e. The molecule has 0 saturated heterocycles. The molecule has 1 atom stereocenters. The molecule has 0 aliphatic heterocycles. The van der Waals surface area contributed by atoms with Crippen LogP contribution in [0.4, 0.5) is 0 Å². The van der Waals surface area contributed by atoms with Crippen LogP contribution >= 0.6 is 11.8 Å². The summed E-state index contributed by atoms with van der Waals surface area (Å²) in [7, 11) is 0. The first kappa shape index (κ1) is 13.6. The van der Waals surface area contributed by atoms with Crippen LogP contribution in [0.25, 0.3) is 0 Å². The van der Waals surface area contributed by atoms with Crippen molar-refractivity contribution in [3.8, 4) is 0 Å². The van der Waals surface area contributed by atoms with Crippen LogP contribution in [0.15, 0.2) is 67.3 Å². The molecule has 0 spiro atoms. The summed E-state index contributed by atoms with van der Waals surface area (Å²) in [5.74, 6) is 0. The highest BCUT2D eigenvalue weighted by molar-refractivity contribution is 6.04. The van der Waals surface area contributed by atoms with Crippen LogP contribution in [0.3, 0.4) is 0 Å². The molecule has 22 heavy (non-hydrogen) atoms. The van der Waals surface area contributed by atoms with E-state index in [0.717, 1.165) is 0 Å². The van der Waals surface area contributed by atoms with Gasteiger partial charge in [-0.05, 0) is 30.4 Å². The number of hydrogen-bond donors (Lipinski definition) is 0. The van der Waals surface area contributed by atoms with Crippen molar-refractivity contribution in [3.63, 3.8) is 0 Å².